The summed E-state index contributed by atoms with van der Waals surface area (Å²) in [5.41, 5.74) is 1.69. The second-order valence-corrected chi connectivity index (χ2v) is 9.69. The van der Waals surface area contributed by atoms with Gasteiger partial charge in [-0.05, 0) is 62.8 Å². The number of carbonyl (C=O) groups is 1. The minimum atomic E-state index is -0.806. The fourth-order valence-corrected chi connectivity index (χ4v) is 4.88. The first-order valence-corrected chi connectivity index (χ1v) is 13.5. The number of carboxylic acid groups (broad SMARTS) is 1. The van der Waals surface area contributed by atoms with Gasteiger partial charge in [-0.25, -0.2) is 4.68 Å². The van der Waals surface area contributed by atoms with Gasteiger partial charge in [0.1, 0.15) is 0 Å². The van der Waals surface area contributed by atoms with Crippen LogP contribution in [-0.4, -0.2) is 74.4 Å². The van der Waals surface area contributed by atoms with Crippen molar-refractivity contribution < 1.29 is 9.90 Å². The number of fused-ring (bicyclic) bond motifs is 1. The fourth-order valence-electron chi connectivity index (χ4n) is 4.75. The van der Waals surface area contributed by atoms with Crippen molar-refractivity contribution in [3.05, 3.63) is 69.4 Å². The number of likely N-dealkylation sites (tertiary alicyclic amines) is 1. The predicted molar refractivity (Wildman–Crippen MR) is 148 cm³/mol. The van der Waals surface area contributed by atoms with E-state index in [1.54, 1.807) is 18.5 Å². The Balaban J connectivity index is 0.000000479. The molecule has 0 amide bonds. The highest BCUT2D eigenvalue weighted by molar-refractivity contribution is 6.30. The number of benzene rings is 1. The standard InChI is InChI=1S/C22H23ClN4O3.C6H15N/c23-16-5-3-15(4-6-16)12-20-19-13-24-9-7-18(19)22(30)27(25-20)14-17-2-1-10-26(17)11-8-21(28)29;1-4-7(5-2)6-3/h3-7,9,13,17H,1-2,8,10-12,14H2,(H,28,29);4-6H2,1-3H3/t17-;/m1./s1. The lowest BCUT2D eigenvalue weighted by Gasteiger charge is -2.24. The SMILES string of the molecule is CCN(CC)CC.O=C(O)CCN1CCC[C@@H]1Cn1nc(Cc2ccc(Cl)cc2)c2cnccc2c1=O. The average Bonchev–Trinajstić information content (AvgIpc) is 3.35. The molecule has 200 valence electrons. The van der Waals surface area contributed by atoms with Gasteiger partial charge in [0.15, 0.2) is 0 Å². The van der Waals surface area contributed by atoms with Crippen LogP contribution in [0.2, 0.25) is 5.02 Å². The Morgan fingerprint density at radius 1 is 1.11 bits per heavy atom. The number of hydrogen-bond donors (Lipinski definition) is 1. The summed E-state index contributed by atoms with van der Waals surface area (Å²) in [7, 11) is 0. The lowest BCUT2D eigenvalue weighted by atomic mass is 10.1. The fraction of sp³-hybridized carbons (Fsp3) is 0.500. The second-order valence-electron chi connectivity index (χ2n) is 9.25. The van der Waals surface area contributed by atoms with Crippen LogP contribution >= 0.6 is 11.6 Å². The number of hydrogen-bond acceptors (Lipinski definition) is 6. The highest BCUT2D eigenvalue weighted by Crippen LogP contribution is 2.21. The number of carboxylic acids is 1. The summed E-state index contributed by atoms with van der Waals surface area (Å²) < 4.78 is 1.54. The molecule has 0 unspecified atom stereocenters. The van der Waals surface area contributed by atoms with Gasteiger partial charge in [0.05, 0.1) is 24.0 Å². The van der Waals surface area contributed by atoms with Crippen LogP contribution in [0.25, 0.3) is 10.8 Å². The van der Waals surface area contributed by atoms with Crippen LogP contribution < -0.4 is 5.56 Å². The molecule has 3 aromatic rings. The normalized spacial score (nSPS) is 15.6. The Labute approximate surface area is 223 Å². The molecule has 0 bridgehead atoms. The third-order valence-electron chi connectivity index (χ3n) is 6.96. The van der Waals surface area contributed by atoms with Gasteiger partial charge in [-0.15, -0.1) is 0 Å². The minimum Gasteiger partial charge on any atom is -0.481 e. The van der Waals surface area contributed by atoms with Crippen molar-refractivity contribution in [2.75, 3.05) is 32.7 Å². The number of nitrogens with zero attached hydrogens (tertiary/aromatic N) is 5. The van der Waals surface area contributed by atoms with Crippen molar-refractivity contribution >= 4 is 28.3 Å². The summed E-state index contributed by atoms with van der Waals surface area (Å²) in [5.74, 6) is -0.806. The lowest BCUT2D eigenvalue weighted by molar-refractivity contribution is -0.137. The molecule has 1 aliphatic rings. The number of halogens is 1. The van der Waals surface area contributed by atoms with Crippen LogP contribution in [0, 0.1) is 0 Å². The van der Waals surface area contributed by atoms with E-state index in [4.69, 9.17) is 21.8 Å². The largest absolute Gasteiger partial charge is 0.481 e. The Morgan fingerprint density at radius 2 is 1.81 bits per heavy atom. The van der Waals surface area contributed by atoms with Crippen molar-refractivity contribution in [2.45, 2.75) is 59.0 Å². The Morgan fingerprint density at radius 3 is 2.43 bits per heavy atom. The first-order valence-electron chi connectivity index (χ1n) is 13.1. The lowest BCUT2D eigenvalue weighted by Crippen LogP contribution is -2.38. The van der Waals surface area contributed by atoms with Gasteiger partial charge in [0.2, 0.25) is 0 Å². The summed E-state index contributed by atoms with van der Waals surface area (Å²) in [6, 6.07) is 9.42. The molecule has 1 N–H and O–H groups in total. The summed E-state index contributed by atoms with van der Waals surface area (Å²) in [6.07, 6.45) is 5.89. The smallest absolute Gasteiger partial charge is 0.304 e. The molecule has 9 heteroatoms. The van der Waals surface area contributed by atoms with E-state index in [2.05, 4.69) is 35.6 Å². The first kappa shape index (κ1) is 28.8. The highest BCUT2D eigenvalue weighted by Gasteiger charge is 2.26. The minimum absolute atomic E-state index is 0.101. The van der Waals surface area contributed by atoms with E-state index in [0.717, 1.165) is 36.0 Å². The molecule has 8 nitrogen and oxygen atoms in total. The van der Waals surface area contributed by atoms with Crippen LogP contribution in [0.3, 0.4) is 0 Å². The molecule has 0 spiro atoms. The molecule has 37 heavy (non-hydrogen) atoms. The Bertz CT molecular complexity index is 1210. The molecule has 0 saturated carbocycles. The number of aromatic nitrogens is 3. The van der Waals surface area contributed by atoms with Crippen molar-refractivity contribution in [1.29, 1.82) is 0 Å². The monoisotopic (exact) mass is 527 g/mol. The molecule has 1 aliphatic heterocycles. The van der Waals surface area contributed by atoms with Crippen LogP contribution in [0.4, 0.5) is 0 Å². The van der Waals surface area contributed by atoms with E-state index in [1.807, 2.05) is 24.3 Å². The number of aliphatic carboxylic acids is 1. The first-order chi connectivity index (χ1) is 17.9. The van der Waals surface area contributed by atoms with Gasteiger partial charge >= 0.3 is 5.97 Å². The van der Waals surface area contributed by atoms with E-state index in [1.165, 1.54) is 24.3 Å². The van der Waals surface area contributed by atoms with Gasteiger partial charge in [-0.2, -0.15) is 5.10 Å². The van der Waals surface area contributed by atoms with Crippen molar-refractivity contribution in [3.63, 3.8) is 0 Å². The zero-order valence-corrected chi connectivity index (χ0v) is 22.8. The van der Waals surface area contributed by atoms with E-state index in [9.17, 15) is 9.59 Å². The van der Waals surface area contributed by atoms with E-state index in [0.29, 0.717) is 29.9 Å². The molecule has 4 rings (SSSR count). The third kappa shape index (κ3) is 8.09. The van der Waals surface area contributed by atoms with Gasteiger partial charge in [0.25, 0.3) is 5.56 Å². The quantitative estimate of drug-likeness (QED) is 0.419. The van der Waals surface area contributed by atoms with Crippen LogP contribution in [0.15, 0.2) is 47.5 Å². The third-order valence-corrected chi connectivity index (χ3v) is 7.21. The number of rotatable bonds is 10. The molecular weight excluding hydrogens is 490 g/mol. The molecular formula is C28H38ClN5O3. The molecule has 1 saturated heterocycles. The van der Waals surface area contributed by atoms with Gasteiger partial charge < -0.3 is 10.0 Å². The predicted octanol–water partition coefficient (Wildman–Crippen LogP) is 4.32. The van der Waals surface area contributed by atoms with Gasteiger partial charge in [0, 0.05) is 41.8 Å². The van der Waals surface area contributed by atoms with Gasteiger partial charge in [-0.1, -0.05) is 44.5 Å². The van der Waals surface area contributed by atoms with E-state index >= 15 is 0 Å². The van der Waals surface area contributed by atoms with Crippen molar-refractivity contribution in [3.8, 4) is 0 Å². The maximum absolute atomic E-state index is 13.1. The van der Waals surface area contributed by atoms with Crippen LogP contribution in [0.5, 0.6) is 0 Å². The highest BCUT2D eigenvalue weighted by atomic mass is 35.5. The maximum atomic E-state index is 13.1. The summed E-state index contributed by atoms with van der Waals surface area (Å²) in [5, 5.41) is 15.7. The molecule has 1 aromatic carbocycles. The summed E-state index contributed by atoms with van der Waals surface area (Å²) >= 11 is 6.00. The molecule has 0 aliphatic carbocycles. The molecule has 0 radical (unpaired) electrons. The zero-order chi connectivity index (χ0) is 26.8. The topological polar surface area (TPSA) is 91.6 Å². The second kappa shape index (κ2) is 14.2. The van der Waals surface area contributed by atoms with Gasteiger partial charge in [-0.3, -0.25) is 19.5 Å². The zero-order valence-electron chi connectivity index (χ0n) is 22.1. The van der Waals surface area contributed by atoms with E-state index in [-0.39, 0.29) is 18.0 Å². The van der Waals surface area contributed by atoms with Crippen molar-refractivity contribution in [2.24, 2.45) is 0 Å². The van der Waals surface area contributed by atoms with Crippen molar-refractivity contribution in [1.82, 2.24) is 24.6 Å². The van der Waals surface area contributed by atoms with E-state index < -0.39 is 5.97 Å². The molecule has 1 fully saturated rings. The average molecular weight is 528 g/mol. The molecule has 2 aromatic heterocycles. The van der Waals surface area contributed by atoms with Crippen LogP contribution in [0.1, 0.15) is 51.3 Å². The summed E-state index contributed by atoms with van der Waals surface area (Å²) in [4.78, 5) is 32.7. The molecule has 3 heterocycles. The van der Waals surface area contributed by atoms with Crippen LogP contribution in [-0.2, 0) is 17.8 Å². The maximum Gasteiger partial charge on any atom is 0.304 e. The Kier molecular flexibility index (Phi) is 11.0. The molecule has 1 atom stereocenters. The summed E-state index contributed by atoms with van der Waals surface area (Å²) in [6.45, 7) is 11.9. The Hall–Kier alpha value is -2.81. The number of pyridine rings is 1.